The van der Waals surface area contributed by atoms with Crippen LogP contribution in [-0.4, -0.2) is 38.9 Å². The first-order valence-electron chi connectivity index (χ1n) is 6.66. The minimum Gasteiger partial charge on any atom is -0.316 e. The van der Waals surface area contributed by atoms with Crippen molar-refractivity contribution in [2.75, 3.05) is 26.2 Å². The third-order valence-corrected chi connectivity index (χ3v) is 5.98. The van der Waals surface area contributed by atoms with Crippen LogP contribution < -0.4 is 5.32 Å². The lowest BCUT2D eigenvalue weighted by molar-refractivity contribution is -0.137. The quantitative estimate of drug-likeness (QED) is 0.899. The van der Waals surface area contributed by atoms with Gasteiger partial charge >= 0.3 is 6.18 Å². The summed E-state index contributed by atoms with van der Waals surface area (Å²) in [7, 11) is -3.86. The number of benzene rings is 1. The molecule has 2 saturated heterocycles. The Balaban J connectivity index is 1.89. The van der Waals surface area contributed by atoms with E-state index in [1.807, 2.05) is 0 Å². The zero-order chi connectivity index (χ0) is 15.3. The number of halogens is 3. The molecule has 1 N–H and O–H groups in total. The monoisotopic (exact) mass is 320 g/mol. The van der Waals surface area contributed by atoms with Gasteiger partial charge in [-0.15, -0.1) is 0 Å². The molecule has 3 rings (SSSR count). The molecule has 0 spiro atoms. The number of nitrogens with one attached hydrogen (secondary N) is 1. The molecule has 0 amide bonds. The van der Waals surface area contributed by atoms with Crippen molar-refractivity contribution in [1.29, 1.82) is 0 Å². The Morgan fingerprint density at radius 3 is 2.33 bits per heavy atom. The Morgan fingerprint density at radius 2 is 1.76 bits per heavy atom. The lowest BCUT2D eigenvalue weighted by Crippen LogP contribution is -2.32. The Morgan fingerprint density at radius 1 is 1.14 bits per heavy atom. The van der Waals surface area contributed by atoms with Crippen LogP contribution >= 0.6 is 0 Å². The van der Waals surface area contributed by atoms with Gasteiger partial charge in [0.2, 0.25) is 10.0 Å². The number of alkyl halides is 3. The van der Waals surface area contributed by atoms with E-state index in [0.29, 0.717) is 19.2 Å². The van der Waals surface area contributed by atoms with Crippen molar-refractivity contribution in [2.24, 2.45) is 11.8 Å². The summed E-state index contributed by atoms with van der Waals surface area (Å²) in [4.78, 5) is -0.287. The molecular weight excluding hydrogens is 305 g/mol. The minimum atomic E-state index is -4.54. The molecule has 2 fully saturated rings. The molecular formula is C13H15F3N2O2S. The number of sulfonamides is 1. The second-order valence-corrected chi connectivity index (χ2v) is 7.46. The topological polar surface area (TPSA) is 49.4 Å². The van der Waals surface area contributed by atoms with Gasteiger partial charge in [-0.2, -0.15) is 17.5 Å². The number of hydrogen-bond acceptors (Lipinski definition) is 3. The van der Waals surface area contributed by atoms with E-state index in [2.05, 4.69) is 5.32 Å². The molecule has 2 atom stereocenters. The molecule has 0 aliphatic carbocycles. The van der Waals surface area contributed by atoms with Crippen molar-refractivity contribution >= 4 is 10.0 Å². The Bertz CT molecular complexity index is 633. The highest BCUT2D eigenvalue weighted by Crippen LogP contribution is 2.34. The van der Waals surface area contributed by atoms with Crippen molar-refractivity contribution in [3.63, 3.8) is 0 Å². The summed E-state index contributed by atoms with van der Waals surface area (Å²) in [5.41, 5.74) is -0.940. The van der Waals surface area contributed by atoms with E-state index in [1.165, 1.54) is 10.4 Å². The van der Waals surface area contributed by atoms with E-state index in [0.717, 1.165) is 25.2 Å². The maximum atomic E-state index is 12.7. The highest BCUT2D eigenvalue weighted by molar-refractivity contribution is 7.89. The van der Waals surface area contributed by atoms with E-state index in [9.17, 15) is 21.6 Å². The van der Waals surface area contributed by atoms with Gasteiger partial charge in [0.15, 0.2) is 0 Å². The third kappa shape index (κ3) is 2.67. The minimum absolute atomic E-state index is 0.255. The molecule has 21 heavy (non-hydrogen) atoms. The smallest absolute Gasteiger partial charge is 0.316 e. The first-order chi connectivity index (χ1) is 9.78. The van der Waals surface area contributed by atoms with Gasteiger partial charge in [0.05, 0.1) is 10.5 Å². The molecule has 116 valence electrons. The molecule has 2 aliphatic heterocycles. The SMILES string of the molecule is O=S(=O)(c1cccc(C(F)(F)F)c1)N1C[C@H]2CNC[C@H]2C1. The van der Waals surface area contributed by atoms with Crippen LogP contribution in [0.1, 0.15) is 5.56 Å². The van der Waals surface area contributed by atoms with Gasteiger partial charge in [-0.3, -0.25) is 0 Å². The predicted octanol–water partition coefficient (Wildman–Crippen LogP) is 1.55. The molecule has 1 aromatic rings. The molecule has 0 aromatic heterocycles. The highest BCUT2D eigenvalue weighted by Gasteiger charge is 2.42. The van der Waals surface area contributed by atoms with Crippen molar-refractivity contribution in [1.82, 2.24) is 9.62 Å². The summed E-state index contributed by atoms with van der Waals surface area (Å²) < 4.78 is 64.4. The van der Waals surface area contributed by atoms with Crippen LogP contribution in [0, 0.1) is 11.8 Å². The van der Waals surface area contributed by atoms with E-state index in [4.69, 9.17) is 0 Å². The lowest BCUT2D eigenvalue weighted by atomic mass is 10.0. The molecule has 2 aliphatic rings. The fourth-order valence-electron chi connectivity index (χ4n) is 2.99. The van der Waals surface area contributed by atoms with E-state index < -0.39 is 21.8 Å². The Hall–Kier alpha value is -1.12. The van der Waals surface area contributed by atoms with E-state index in [-0.39, 0.29) is 16.7 Å². The van der Waals surface area contributed by atoms with E-state index >= 15 is 0 Å². The summed E-state index contributed by atoms with van der Waals surface area (Å²) in [6, 6.07) is 3.94. The second-order valence-electron chi connectivity index (χ2n) is 5.53. The molecule has 4 nitrogen and oxygen atoms in total. The molecule has 8 heteroatoms. The zero-order valence-electron chi connectivity index (χ0n) is 11.1. The van der Waals surface area contributed by atoms with Gasteiger partial charge in [-0.1, -0.05) is 6.07 Å². The number of hydrogen-bond donors (Lipinski definition) is 1. The van der Waals surface area contributed by atoms with Gasteiger partial charge in [-0.25, -0.2) is 8.42 Å². The molecule has 0 saturated carbocycles. The summed E-state index contributed by atoms with van der Waals surface area (Å²) in [5.74, 6) is 0.510. The van der Waals surface area contributed by atoms with Crippen LogP contribution in [-0.2, 0) is 16.2 Å². The van der Waals surface area contributed by atoms with Crippen molar-refractivity contribution in [3.05, 3.63) is 29.8 Å². The Labute approximate surface area is 121 Å². The molecule has 0 radical (unpaired) electrons. The normalized spacial score (nSPS) is 27.0. The van der Waals surface area contributed by atoms with Gasteiger partial charge in [0.25, 0.3) is 0 Å². The molecule has 1 aromatic carbocycles. The van der Waals surface area contributed by atoms with Crippen LogP contribution in [0.2, 0.25) is 0 Å². The van der Waals surface area contributed by atoms with Gasteiger partial charge in [0, 0.05) is 13.1 Å². The largest absolute Gasteiger partial charge is 0.416 e. The molecule has 0 unspecified atom stereocenters. The standard InChI is InChI=1S/C13H15F3N2O2S/c14-13(15,16)11-2-1-3-12(4-11)21(19,20)18-7-9-5-17-6-10(9)8-18/h1-4,9-10,17H,5-8H2/t9-,10+. The maximum absolute atomic E-state index is 12.7. The van der Waals surface area contributed by atoms with Crippen LogP contribution in [0.3, 0.4) is 0 Å². The van der Waals surface area contributed by atoms with Crippen molar-refractivity contribution < 1.29 is 21.6 Å². The summed E-state index contributed by atoms with van der Waals surface area (Å²) in [5, 5.41) is 3.19. The molecule has 2 heterocycles. The summed E-state index contributed by atoms with van der Waals surface area (Å²) >= 11 is 0. The van der Waals surface area contributed by atoms with Gasteiger partial charge in [-0.05, 0) is 43.1 Å². The fourth-order valence-corrected chi connectivity index (χ4v) is 4.59. The number of fused-ring (bicyclic) bond motifs is 1. The fraction of sp³-hybridized carbons (Fsp3) is 0.538. The third-order valence-electron chi connectivity index (χ3n) is 4.16. The average molecular weight is 320 g/mol. The maximum Gasteiger partial charge on any atom is 0.416 e. The van der Waals surface area contributed by atoms with Crippen LogP contribution in [0.5, 0.6) is 0 Å². The van der Waals surface area contributed by atoms with Crippen molar-refractivity contribution in [3.8, 4) is 0 Å². The van der Waals surface area contributed by atoms with Crippen LogP contribution in [0.25, 0.3) is 0 Å². The predicted molar refractivity (Wildman–Crippen MR) is 70.1 cm³/mol. The van der Waals surface area contributed by atoms with Gasteiger partial charge in [0.1, 0.15) is 0 Å². The average Bonchev–Trinajstić information content (AvgIpc) is 2.98. The summed E-state index contributed by atoms with van der Waals surface area (Å²) in [6.45, 7) is 2.27. The summed E-state index contributed by atoms with van der Waals surface area (Å²) in [6.07, 6.45) is -4.54. The highest BCUT2D eigenvalue weighted by atomic mass is 32.2. The van der Waals surface area contributed by atoms with E-state index in [1.54, 1.807) is 0 Å². The second kappa shape index (κ2) is 4.96. The number of rotatable bonds is 2. The first kappa shape index (κ1) is 14.8. The zero-order valence-corrected chi connectivity index (χ0v) is 11.9. The van der Waals surface area contributed by atoms with Crippen LogP contribution in [0.15, 0.2) is 29.2 Å². The molecule has 0 bridgehead atoms. The number of nitrogens with zero attached hydrogens (tertiary/aromatic N) is 1. The van der Waals surface area contributed by atoms with Crippen LogP contribution in [0.4, 0.5) is 13.2 Å². The lowest BCUT2D eigenvalue weighted by Gasteiger charge is -2.18. The Kier molecular flexibility index (Phi) is 3.50. The van der Waals surface area contributed by atoms with Crippen molar-refractivity contribution in [2.45, 2.75) is 11.1 Å². The van der Waals surface area contributed by atoms with Gasteiger partial charge < -0.3 is 5.32 Å². The first-order valence-corrected chi connectivity index (χ1v) is 8.10.